The fourth-order valence-electron chi connectivity index (χ4n) is 2.45. The van der Waals surface area contributed by atoms with Crippen molar-refractivity contribution in [2.75, 3.05) is 6.54 Å². The Morgan fingerprint density at radius 1 is 1.23 bits per heavy atom. The molecule has 0 unspecified atom stereocenters. The summed E-state index contributed by atoms with van der Waals surface area (Å²) in [6.07, 6.45) is 3.70. The molecule has 0 amide bonds. The second kappa shape index (κ2) is 4.97. The van der Waals surface area contributed by atoms with Crippen molar-refractivity contribution < 1.29 is 5.11 Å². The fraction of sp³-hybridized carbons (Fsp3) is 1.00. The highest BCUT2D eigenvalue weighted by atomic mass is 16.3. The lowest BCUT2D eigenvalue weighted by atomic mass is 9.80. The molecule has 1 saturated carbocycles. The molecule has 2 N–H and O–H groups in total. The molecular weight excluding hydrogens is 162 g/mol. The highest BCUT2D eigenvalue weighted by molar-refractivity contribution is 4.79. The zero-order valence-corrected chi connectivity index (χ0v) is 9.09. The van der Waals surface area contributed by atoms with E-state index >= 15 is 0 Å². The van der Waals surface area contributed by atoms with Crippen LogP contribution in [0.25, 0.3) is 0 Å². The molecule has 1 aliphatic carbocycles. The van der Waals surface area contributed by atoms with Crippen LogP contribution in [0.2, 0.25) is 0 Å². The van der Waals surface area contributed by atoms with Gasteiger partial charge in [0, 0.05) is 12.6 Å². The summed E-state index contributed by atoms with van der Waals surface area (Å²) < 4.78 is 0. The normalized spacial score (nSPS) is 37.4. The zero-order valence-electron chi connectivity index (χ0n) is 9.09. The summed E-state index contributed by atoms with van der Waals surface area (Å²) in [7, 11) is 0. The molecule has 1 aliphatic rings. The average molecular weight is 185 g/mol. The Kier molecular flexibility index (Phi) is 4.20. The Hall–Kier alpha value is -0.0800. The zero-order chi connectivity index (χ0) is 9.84. The number of nitrogens with one attached hydrogen (secondary N) is 1. The summed E-state index contributed by atoms with van der Waals surface area (Å²) in [5.74, 6) is 1.69. The van der Waals surface area contributed by atoms with Crippen molar-refractivity contribution in [3.05, 3.63) is 0 Å². The second-order valence-electron chi connectivity index (χ2n) is 4.87. The lowest BCUT2D eigenvalue weighted by molar-refractivity contribution is 0.168. The van der Waals surface area contributed by atoms with E-state index in [9.17, 15) is 0 Å². The second-order valence-corrected chi connectivity index (χ2v) is 4.87. The van der Waals surface area contributed by atoms with Gasteiger partial charge < -0.3 is 10.4 Å². The lowest BCUT2D eigenvalue weighted by Gasteiger charge is -2.32. The van der Waals surface area contributed by atoms with E-state index in [1.54, 1.807) is 0 Å². The van der Waals surface area contributed by atoms with Gasteiger partial charge >= 0.3 is 0 Å². The summed E-state index contributed by atoms with van der Waals surface area (Å²) in [5.41, 5.74) is 0. The monoisotopic (exact) mass is 185 g/mol. The quantitative estimate of drug-likeness (QED) is 0.702. The molecule has 2 nitrogen and oxygen atoms in total. The molecular formula is C11H23NO. The van der Waals surface area contributed by atoms with Gasteiger partial charge in [-0.05, 0) is 38.0 Å². The standard InChI is InChI=1S/C11H23NO/c1-8-4-9(2)6-11(5-8)12-7-10(3)13/h8-13H,4-7H2,1-3H3/t8-,9-,10-/m0/s1. The molecule has 78 valence electrons. The summed E-state index contributed by atoms with van der Waals surface area (Å²) in [6, 6.07) is 0.633. The Labute approximate surface area is 81.7 Å². The van der Waals surface area contributed by atoms with E-state index in [0.29, 0.717) is 6.04 Å². The number of rotatable bonds is 3. The van der Waals surface area contributed by atoms with E-state index in [2.05, 4.69) is 19.2 Å². The van der Waals surface area contributed by atoms with E-state index < -0.39 is 0 Å². The predicted molar refractivity (Wildman–Crippen MR) is 55.7 cm³/mol. The van der Waals surface area contributed by atoms with E-state index in [4.69, 9.17) is 5.11 Å². The number of hydrogen-bond acceptors (Lipinski definition) is 2. The van der Waals surface area contributed by atoms with Crippen molar-refractivity contribution in [1.29, 1.82) is 0 Å². The number of aliphatic hydroxyl groups is 1. The highest BCUT2D eigenvalue weighted by Gasteiger charge is 2.23. The Bertz CT molecular complexity index is 137. The molecule has 3 atom stereocenters. The maximum absolute atomic E-state index is 9.15. The topological polar surface area (TPSA) is 32.3 Å². The van der Waals surface area contributed by atoms with Crippen LogP contribution in [0.5, 0.6) is 0 Å². The van der Waals surface area contributed by atoms with Crippen LogP contribution in [-0.4, -0.2) is 23.8 Å². The smallest absolute Gasteiger partial charge is 0.0636 e. The van der Waals surface area contributed by atoms with Crippen molar-refractivity contribution in [2.45, 2.75) is 52.2 Å². The van der Waals surface area contributed by atoms with Gasteiger partial charge in [-0.15, -0.1) is 0 Å². The molecule has 0 aromatic carbocycles. The van der Waals surface area contributed by atoms with Gasteiger partial charge in [0.25, 0.3) is 0 Å². The van der Waals surface area contributed by atoms with Gasteiger partial charge in [0.2, 0.25) is 0 Å². The number of aliphatic hydroxyl groups excluding tert-OH is 1. The van der Waals surface area contributed by atoms with Crippen LogP contribution in [0, 0.1) is 11.8 Å². The van der Waals surface area contributed by atoms with Gasteiger partial charge in [0.05, 0.1) is 6.10 Å². The minimum atomic E-state index is -0.215. The van der Waals surface area contributed by atoms with Gasteiger partial charge in [0.15, 0.2) is 0 Å². The molecule has 2 heteroatoms. The van der Waals surface area contributed by atoms with Gasteiger partial charge in [0.1, 0.15) is 0 Å². The molecule has 0 radical (unpaired) electrons. The van der Waals surface area contributed by atoms with Crippen LogP contribution in [0.3, 0.4) is 0 Å². The molecule has 1 fully saturated rings. The van der Waals surface area contributed by atoms with Crippen LogP contribution in [0.1, 0.15) is 40.0 Å². The molecule has 0 bridgehead atoms. The molecule has 0 aromatic rings. The number of hydrogen-bond donors (Lipinski definition) is 2. The van der Waals surface area contributed by atoms with Crippen molar-refractivity contribution in [3.8, 4) is 0 Å². The summed E-state index contributed by atoms with van der Waals surface area (Å²) in [5, 5.41) is 12.6. The summed E-state index contributed by atoms with van der Waals surface area (Å²) in [4.78, 5) is 0. The van der Waals surface area contributed by atoms with Gasteiger partial charge in [-0.1, -0.05) is 13.8 Å². The first-order chi connectivity index (χ1) is 6.08. The maximum atomic E-state index is 9.15. The Morgan fingerprint density at radius 2 is 1.77 bits per heavy atom. The predicted octanol–water partition coefficient (Wildman–Crippen LogP) is 1.78. The maximum Gasteiger partial charge on any atom is 0.0636 e. The summed E-state index contributed by atoms with van der Waals surface area (Å²) >= 11 is 0. The lowest BCUT2D eigenvalue weighted by Crippen LogP contribution is -2.39. The molecule has 0 saturated heterocycles. The van der Waals surface area contributed by atoms with Crippen molar-refractivity contribution >= 4 is 0 Å². The third-order valence-electron chi connectivity index (χ3n) is 2.88. The van der Waals surface area contributed by atoms with Gasteiger partial charge in [-0.25, -0.2) is 0 Å². The molecule has 13 heavy (non-hydrogen) atoms. The third kappa shape index (κ3) is 4.10. The van der Waals surface area contributed by atoms with Crippen molar-refractivity contribution in [1.82, 2.24) is 5.32 Å². The van der Waals surface area contributed by atoms with E-state index in [1.165, 1.54) is 19.3 Å². The van der Waals surface area contributed by atoms with Crippen LogP contribution in [-0.2, 0) is 0 Å². The largest absolute Gasteiger partial charge is 0.392 e. The Morgan fingerprint density at radius 3 is 2.23 bits per heavy atom. The first kappa shape index (κ1) is 11.0. The van der Waals surface area contributed by atoms with Crippen molar-refractivity contribution in [3.63, 3.8) is 0 Å². The minimum absolute atomic E-state index is 0.215. The van der Waals surface area contributed by atoms with Crippen LogP contribution < -0.4 is 5.32 Å². The van der Waals surface area contributed by atoms with Crippen LogP contribution in [0.4, 0.5) is 0 Å². The van der Waals surface area contributed by atoms with E-state index in [-0.39, 0.29) is 6.10 Å². The van der Waals surface area contributed by atoms with Gasteiger partial charge in [-0.2, -0.15) is 0 Å². The fourth-order valence-corrected chi connectivity index (χ4v) is 2.45. The Balaban J connectivity index is 2.25. The third-order valence-corrected chi connectivity index (χ3v) is 2.88. The summed E-state index contributed by atoms with van der Waals surface area (Å²) in [6.45, 7) is 7.23. The molecule has 0 aromatic heterocycles. The van der Waals surface area contributed by atoms with Crippen LogP contribution in [0.15, 0.2) is 0 Å². The molecule has 0 aliphatic heterocycles. The first-order valence-electron chi connectivity index (χ1n) is 5.49. The molecule has 0 spiro atoms. The van der Waals surface area contributed by atoms with E-state index in [0.717, 1.165) is 18.4 Å². The van der Waals surface area contributed by atoms with E-state index in [1.807, 2.05) is 6.92 Å². The highest BCUT2D eigenvalue weighted by Crippen LogP contribution is 2.28. The van der Waals surface area contributed by atoms with Gasteiger partial charge in [-0.3, -0.25) is 0 Å². The molecule has 0 heterocycles. The average Bonchev–Trinajstić information content (AvgIpc) is 1.99. The minimum Gasteiger partial charge on any atom is -0.392 e. The van der Waals surface area contributed by atoms with Crippen LogP contribution >= 0.6 is 0 Å². The van der Waals surface area contributed by atoms with Crippen molar-refractivity contribution in [2.24, 2.45) is 11.8 Å². The SMILES string of the molecule is C[C@@H]1CC(NC[C@H](C)O)C[C@@H](C)C1. The first-order valence-corrected chi connectivity index (χ1v) is 5.49. The molecule has 1 rings (SSSR count).